The Morgan fingerprint density at radius 3 is 2.71 bits per heavy atom. The highest BCUT2D eigenvalue weighted by molar-refractivity contribution is 5.97. The van der Waals surface area contributed by atoms with Gasteiger partial charge in [0.2, 0.25) is 11.8 Å². The number of hydrogen-bond donors (Lipinski definition) is 3. The van der Waals surface area contributed by atoms with E-state index in [0.717, 1.165) is 11.1 Å². The molecule has 1 aromatic rings. The largest absolute Gasteiger partial charge is 0.353 e. The van der Waals surface area contributed by atoms with Crippen molar-refractivity contribution in [3.63, 3.8) is 0 Å². The molecule has 0 radical (unpaired) electrons. The van der Waals surface area contributed by atoms with Crippen LogP contribution >= 0.6 is 0 Å². The number of amides is 4. The van der Waals surface area contributed by atoms with Crippen molar-refractivity contribution in [2.45, 2.75) is 33.2 Å². The Morgan fingerprint density at radius 1 is 1.29 bits per heavy atom. The van der Waals surface area contributed by atoms with Crippen molar-refractivity contribution in [3.8, 4) is 0 Å². The van der Waals surface area contributed by atoms with Crippen LogP contribution < -0.4 is 16.0 Å². The first kappa shape index (κ1) is 17.8. The average molecular weight is 332 g/mol. The third-order valence-corrected chi connectivity index (χ3v) is 4.09. The van der Waals surface area contributed by atoms with E-state index >= 15 is 0 Å². The zero-order chi connectivity index (χ0) is 17.7. The van der Waals surface area contributed by atoms with Crippen molar-refractivity contribution in [1.82, 2.24) is 15.5 Å². The zero-order valence-electron chi connectivity index (χ0n) is 14.3. The molecule has 1 aliphatic heterocycles. The number of piperazine rings is 1. The number of urea groups is 1. The van der Waals surface area contributed by atoms with Crippen molar-refractivity contribution in [2.75, 3.05) is 25.0 Å². The van der Waals surface area contributed by atoms with Crippen LogP contribution in [0.25, 0.3) is 0 Å². The molecule has 3 N–H and O–H groups in total. The van der Waals surface area contributed by atoms with Gasteiger partial charge in [-0.2, -0.15) is 0 Å². The van der Waals surface area contributed by atoms with Gasteiger partial charge in [-0.05, 0) is 44.0 Å². The molecule has 0 saturated carbocycles. The summed E-state index contributed by atoms with van der Waals surface area (Å²) in [6.45, 7) is 7.03. The number of anilines is 1. The fourth-order valence-electron chi connectivity index (χ4n) is 2.62. The van der Waals surface area contributed by atoms with Gasteiger partial charge in [0.05, 0.1) is 6.42 Å². The molecule has 0 spiro atoms. The standard InChI is InChI=1S/C17H24N4O3/c1-4-18-17(24)21-8-7-19-16(23)14(21)10-15(22)20-13-6-5-11(2)12(3)9-13/h5-6,9,14H,4,7-8,10H2,1-3H3,(H,18,24)(H,19,23)(H,20,22)/t14-/m0/s1. The number of nitrogens with one attached hydrogen (secondary N) is 3. The van der Waals surface area contributed by atoms with Gasteiger partial charge in [-0.3, -0.25) is 9.59 Å². The SMILES string of the molecule is CCNC(=O)N1CCNC(=O)[C@@H]1CC(=O)Nc1ccc(C)c(C)c1. The minimum Gasteiger partial charge on any atom is -0.353 e. The van der Waals surface area contributed by atoms with E-state index in [-0.39, 0.29) is 24.3 Å². The third-order valence-electron chi connectivity index (χ3n) is 4.09. The summed E-state index contributed by atoms with van der Waals surface area (Å²) in [6, 6.07) is 4.52. The molecule has 1 aromatic carbocycles. The van der Waals surface area contributed by atoms with E-state index in [1.807, 2.05) is 39.0 Å². The molecule has 7 heteroatoms. The van der Waals surface area contributed by atoms with Gasteiger partial charge >= 0.3 is 6.03 Å². The summed E-state index contributed by atoms with van der Waals surface area (Å²) in [5, 5.41) is 8.17. The molecular formula is C17H24N4O3. The number of aryl methyl sites for hydroxylation is 2. The molecule has 130 valence electrons. The summed E-state index contributed by atoms with van der Waals surface area (Å²) in [4.78, 5) is 37.9. The first-order valence-corrected chi connectivity index (χ1v) is 8.11. The van der Waals surface area contributed by atoms with Gasteiger partial charge in [0.15, 0.2) is 0 Å². The number of carbonyl (C=O) groups excluding carboxylic acids is 3. The Kier molecular flexibility index (Phi) is 5.78. The second-order valence-corrected chi connectivity index (χ2v) is 5.89. The van der Waals surface area contributed by atoms with E-state index in [1.165, 1.54) is 4.90 Å². The molecule has 0 unspecified atom stereocenters. The Hall–Kier alpha value is -2.57. The minimum absolute atomic E-state index is 0.0735. The summed E-state index contributed by atoms with van der Waals surface area (Å²) in [5.41, 5.74) is 2.90. The van der Waals surface area contributed by atoms with Crippen LogP contribution in [0.2, 0.25) is 0 Å². The Bertz CT molecular complexity index is 645. The Morgan fingerprint density at radius 2 is 2.04 bits per heavy atom. The molecule has 1 aliphatic rings. The molecule has 1 heterocycles. The van der Waals surface area contributed by atoms with Crippen LogP contribution in [-0.2, 0) is 9.59 Å². The van der Waals surface area contributed by atoms with E-state index in [2.05, 4.69) is 16.0 Å². The second-order valence-electron chi connectivity index (χ2n) is 5.89. The lowest BCUT2D eigenvalue weighted by Gasteiger charge is -2.34. The van der Waals surface area contributed by atoms with Gasteiger partial charge in [-0.1, -0.05) is 6.07 Å². The first-order valence-electron chi connectivity index (χ1n) is 8.11. The number of hydrogen-bond acceptors (Lipinski definition) is 3. The van der Waals surface area contributed by atoms with Crippen LogP contribution in [0.4, 0.5) is 10.5 Å². The minimum atomic E-state index is -0.795. The van der Waals surface area contributed by atoms with Crippen LogP contribution in [0.15, 0.2) is 18.2 Å². The van der Waals surface area contributed by atoms with Crippen molar-refractivity contribution in [3.05, 3.63) is 29.3 Å². The maximum absolute atomic E-state index is 12.3. The van der Waals surface area contributed by atoms with Crippen LogP contribution in [-0.4, -0.2) is 48.4 Å². The molecule has 1 atom stereocenters. The van der Waals surface area contributed by atoms with Crippen molar-refractivity contribution in [1.29, 1.82) is 0 Å². The van der Waals surface area contributed by atoms with Crippen LogP contribution in [0.5, 0.6) is 0 Å². The predicted molar refractivity (Wildman–Crippen MR) is 91.7 cm³/mol. The number of carbonyl (C=O) groups is 3. The lowest BCUT2D eigenvalue weighted by atomic mass is 10.1. The molecule has 4 amide bonds. The smallest absolute Gasteiger partial charge is 0.318 e. The monoisotopic (exact) mass is 332 g/mol. The normalized spacial score (nSPS) is 17.2. The molecule has 2 rings (SSSR count). The molecule has 1 saturated heterocycles. The highest BCUT2D eigenvalue weighted by Gasteiger charge is 2.34. The summed E-state index contributed by atoms with van der Waals surface area (Å²) in [6.07, 6.45) is -0.0735. The average Bonchev–Trinajstić information content (AvgIpc) is 2.53. The maximum Gasteiger partial charge on any atom is 0.318 e. The van der Waals surface area contributed by atoms with E-state index in [0.29, 0.717) is 25.3 Å². The highest BCUT2D eigenvalue weighted by atomic mass is 16.2. The molecular weight excluding hydrogens is 308 g/mol. The quantitative estimate of drug-likeness (QED) is 0.773. The van der Waals surface area contributed by atoms with Gasteiger partial charge in [0.1, 0.15) is 6.04 Å². The topological polar surface area (TPSA) is 90.5 Å². The maximum atomic E-state index is 12.3. The predicted octanol–water partition coefficient (Wildman–Crippen LogP) is 1.16. The lowest BCUT2D eigenvalue weighted by Crippen LogP contribution is -2.60. The van der Waals surface area contributed by atoms with Crippen molar-refractivity contribution in [2.24, 2.45) is 0 Å². The van der Waals surface area contributed by atoms with Gasteiger partial charge in [-0.15, -0.1) is 0 Å². The molecule has 0 aliphatic carbocycles. The van der Waals surface area contributed by atoms with Gasteiger partial charge in [0.25, 0.3) is 0 Å². The lowest BCUT2D eigenvalue weighted by molar-refractivity contribution is -0.131. The van der Waals surface area contributed by atoms with Crippen molar-refractivity contribution < 1.29 is 14.4 Å². The molecule has 1 fully saturated rings. The summed E-state index contributed by atoms with van der Waals surface area (Å²) < 4.78 is 0. The molecule has 0 bridgehead atoms. The van der Waals surface area contributed by atoms with Crippen LogP contribution in [0, 0.1) is 13.8 Å². The molecule has 7 nitrogen and oxygen atoms in total. The van der Waals surface area contributed by atoms with E-state index in [4.69, 9.17) is 0 Å². The van der Waals surface area contributed by atoms with Crippen LogP contribution in [0.1, 0.15) is 24.5 Å². The van der Waals surface area contributed by atoms with Gasteiger partial charge < -0.3 is 20.9 Å². The van der Waals surface area contributed by atoms with E-state index in [9.17, 15) is 14.4 Å². The van der Waals surface area contributed by atoms with Crippen molar-refractivity contribution >= 4 is 23.5 Å². The number of benzene rings is 1. The highest BCUT2D eigenvalue weighted by Crippen LogP contribution is 2.16. The first-order chi connectivity index (χ1) is 11.4. The van der Waals surface area contributed by atoms with Gasteiger partial charge in [-0.25, -0.2) is 4.79 Å². The number of rotatable bonds is 4. The van der Waals surface area contributed by atoms with Crippen LogP contribution in [0.3, 0.4) is 0 Å². The fraction of sp³-hybridized carbons (Fsp3) is 0.471. The third kappa shape index (κ3) is 4.24. The summed E-state index contributed by atoms with van der Waals surface area (Å²) >= 11 is 0. The Labute approximate surface area is 141 Å². The van der Waals surface area contributed by atoms with E-state index in [1.54, 1.807) is 0 Å². The number of nitrogens with zero attached hydrogens (tertiary/aromatic N) is 1. The zero-order valence-corrected chi connectivity index (χ0v) is 14.3. The molecule has 24 heavy (non-hydrogen) atoms. The van der Waals surface area contributed by atoms with E-state index < -0.39 is 6.04 Å². The van der Waals surface area contributed by atoms with Gasteiger partial charge in [0, 0.05) is 25.3 Å². The molecule has 0 aromatic heterocycles. The second kappa shape index (κ2) is 7.81. The summed E-state index contributed by atoms with van der Waals surface area (Å²) in [7, 11) is 0. The fourth-order valence-corrected chi connectivity index (χ4v) is 2.62. The Balaban J connectivity index is 2.04. The summed E-state index contributed by atoms with van der Waals surface area (Å²) in [5.74, 6) is -0.600.